The molecule has 1 aromatic carbocycles. The standard InChI is InChI=1S/C11H7NO3/c1-6(13)9-3-7-2-8(5-12)15-11(7)4-10(9)14/h2-4,14H,1H3. The normalized spacial score (nSPS) is 10.1. The van der Waals surface area contributed by atoms with Gasteiger partial charge in [0.15, 0.2) is 5.78 Å². The number of phenols is 1. The fourth-order valence-electron chi connectivity index (χ4n) is 1.41. The first-order chi connectivity index (χ1) is 7.11. The first-order valence-corrected chi connectivity index (χ1v) is 4.29. The van der Waals surface area contributed by atoms with E-state index < -0.39 is 0 Å². The lowest BCUT2D eigenvalue weighted by atomic mass is 10.1. The Morgan fingerprint density at radius 1 is 1.47 bits per heavy atom. The lowest BCUT2D eigenvalue weighted by Gasteiger charge is -1.98. The Labute approximate surface area is 85.4 Å². The van der Waals surface area contributed by atoms with E-state index in [1.54, 1.807) is 0 Å². The number of carbonyl (C=O) groups is 1. The van der Waals surface area contributed by atoms with Crippen LogP contribution in [-0.2, 0) is 0 Å². The summed E-state index contributed by atoms with van der Waals surface area (Å²) in [5.74, 6) is -0.201. The van der Waals surface area contributed by atoms with Crippen molar-refractivity contribution in [2.45, 2.75) is 6.92 Å². The number of benzene rings is 1. The summed E-state index contributed by atoms with van der Waals surface area (Å²) in [4.78, 5) is 11.1. The van der Waals surface area contributed by atoms with Gasteiger partial charge in [-0.15, -0.1) is 0 Å². The minimum absolute atomic E-state index is 0.131. The second kappa shape index (κ2) is 3.14. The number of nitriles is 1. The third-order valence-corrected chi connectivity index (χ3v) is 2.12. The molecule has 1 N–H and O–H groups in total. The first kappa shape index (κ1) is 9.28. The second-order valence-corrected chi connectivity index (χ2v) is 3.19. The van der Waals surface area contributed by atoms with Gasteiger partial charge in [0.1, 0.15) is 17.4 Å². The zero-order valence-corrected chi connectivity index (χ0v) is 7.94. The number of carbonyl (C=O) groups excluding carboxylic acids is 1. The van der Waals surface area contributed by atoms with Gasteiger partial charge in [0, 0.05) is 17.5 Å². The molecule has 0 radical (unpaired) electrons. The molecular weight excluding hydrogens is 194 g/mol. The maximum absolute atomic E-state index is 11.1. The van der Waals surface area contributed by atoms with Gasteiger partial charge in [0.05, 0.1) is 5.56 Å². The van der Waals surface area contributed by atoms with Gasteiger partial charge in [0.25, 0.3) is 0 Å². The molecule has 0 aliphatic carbocycles. The van der Waals surface area contributed by atoms with E-state index in [2.05, 4.69) is 0 Å². The third-order valence-electron chi connectivity index (χ3n) is 2.12. The summed E-state index contributed by atoms with van der Waals surface area (Å²) >= 11 is 0. The van der Waals surface area contributed by atoms with Crippen LogP contribution in [0.3, 0.4) is 0 Å². The average molecular weight is 201 g/mol. The number of aromatic hydroxyl groups is 1. The third kappa shape index (κ3) is 1.44. The summed E-state index contributed by atoms with van der Waals surface area (Å²) in [7, 11) is 0. The molecule has 0 unspecified atom stereocenters. The minimum Gasteiger partial charge on any atom is -0.507 e. The molecule has 4 nitrogen and oxygen atoms in total. The predicted molar refractivity (Wildman–Crippen MR) is 52.6 cm³/mol. The predicted octanol–water partition coefficient (Wildman–Crippen LogP) is 2.21. The lowest BCUT2D eigenvalue weighted by molar-refractivity contribution is 0.101. The quantitative estimate of drug-likeness (QED) is 0.718. The Hall–Kier alpha value is -2.28. The number of phenolic OH excluding ortho intramolecular Hbond substituents is 1. The Morgan fingerprint density at radius 3 is 2.80 bits per heavy atom. The smallest absolute Gasteiger partial charge is 0.204 e. The van der Waals surface area contributed by atoms with E-state index in [9.17, 15) is 9.90 Å². The molecule has 2 aromatic rings. The molecule has 0 fully saturated rings. The van der Waals surface area contributed by atoms with Crippen molar-refractivity contribution in [3.05, 3.63) is 29.5 Å². The summed E-state index contributed by atoms with van der Waals surface area (Å²) < 4.78 is 5.10. The minimum atomic E-state index is -0.228. The van der Waals surface area contributed by atoms with Gasteiger partial charge in [-0.05, 0) is 13.0 Å². The maximum atomic E-state index is 11.1. The van der Waals surface area contributed by atoms with Crippen LogP contribution in [0.5, 0.6) is 5.75 Å². The van der Waals surface area contributed by atoms with Crippen molar-refractivity contribution in [2.75, 3.05) is 0 Å². The van der Waals surface area contributed by atoms with Crippen LogP contribution >= 0.6 is 0 Å². The summed E-state index contributed by atoms with van der Waals surface area (Å²) in [5, 5.41) is 18.7. The van der Waals surface area contributed by atoms with Crippen LogP contribution in [0.1, 0.15) is 23.0 Å². The van der Waals surface area contributed by atoms with Crippen LogP contribution < -0.4 is 0 Å². The summed E-state index contributed by atoms with van der Waals surface area (Å²) in [5.41, 5.74) is 0.627. The van der Waals surface area contributed by atoms with E-state index in [1.807, 2.05) is 6.07 Å². The van der Waals surface area contributed by atoms with E-state index in [0.29, 0.717) is 11.0 Å². The number of fused-ring (bicyclic) bond motifs is 1. The van der Waals surface area contributed by atoms with Crippen LogP contribution in [0.15, 0.2) is 22.6 Å². The molecule has 0 atom stereocenters. The first-order valence-electron chi connectivity index (χ1n) is 4.29. The molecule has 0 saturated carbocycles. The zero-order valence-electron chi connectivity index (χ0n) is 7.94. The van der Waals surface area contributed by atoms with Gasteiger partial charge in [-0.2, -0.15) is 5.26 Å². The van der Waals surface area contributed by atoms with Crippen molar-refractivity contribution in [3.63, 3.8) is 0 Å². The number of nitrogens with zero attached hydrogens (tertiary/aromatic N) is 1. The van der Waals surface area contributed by atoms with Crippen molar-refractivity contribution >= 4 is 16.8 Å². The van der Waals surface area contributed by atoms with E-state index in [0.717, 1.165) is 0 Å². The Balaban J connectivity index is 2.75. The average Bonchev–Trinajstić information content (AvgIpc) is 2.58. The van der Waals surface area contributed by atoms with Crippen LogP contribution in [-0.4, -0.2) is 10.9 Å². The van der Waals surface area contributed by atoms with E-state index >= 15 is 0 Å². The van der Waals surface area contributed by atoms with E-state index in [-0.39, 0.29) is 22.9 Å². The Bertz CT molecular complexity index is 590. The number of rotatable bonds is 1. The van der Waals surface area contributed by atoms with Crippen LogP contribution in [0.4, 0.5) is 0 Å². The zero-order chi connectivity index (χ0) is 11.0. The van der Waals surface area contributed by atoms with Crippen LogP contribution in [0.25, 0.3) is 11.0 Å². The van der Waals surface area contributed by atoms with Crippen molar-refractivity contribution < 1.29 is 14.3 Å². The highest BCUT2D eigenvalue weighted by molar-refractivity contribution is 6.00. The molecule has 1 heterocycles. The molecular formula is C11H7NO3. The number of Topliss-reactive ketones (excluding diaryl/α,β-unsaturated/α-hetero) is 1. The molecule has 1 aromatic heterocycles. The van der Waals surface area contributed by atoms with Gasteiger partial charge < -0.3 is 9.52 Å². The summed E-state index contributed by atoms with van der Waals surface area (Å²) in [6, 6.07) is 6.23. The van der Waals surface area contributed by atoms with Crippen molar-refractivity contribution in [1.29, 1.82) is 5.26 Å². The maximum Gasteiger partial charge on any atom is 0.204 e. The van der Waals surface area contributed by atoms with Crippen molar-refractivity contribution in [3.8, 4) is 11.8 Å². The molecule has 0 saturated heterocycles. The monoisotopic (exact) mass is 201 g/mol. The molecule has 0 aliphatic rings. The molecule has 0 bridgehead atoms. The lowest BCUT2D eigenvalue weighted by Crippen LogP contribution is -1.91. The highest BCUT2D eigenvalue weighted by atomic mass is 16.3. The van der Waals surface area contributed by atoms with Crippen LogP contribution in [0, 0.1) is 11.3 Å². The van der Waals surface area contributed by atoms with Gasteiger partial charge in [0.2, 0.25) is 5.76 Å². The Morgan fingerprint density at radius 2 is 2.20 bits per heavy atom. The van der Waals surface area contributed by atoms with Gasteiger partial charge >= 0.3 is 0 Å². The summed E-state index contributed by atoms with van der Waals surface area (Å²) in [6.45, 7) is 1.37. The molecule has 4 heteroatoms. The van der Waals surface area contributed by atoms with E-state index in [1.165, 1.54) is 25.1 Å². The highest BCUT2D eigenvalue weighted by Crippen LogP contribution is 2.27. The van der Waals surface area contributed by atoms with Crippen LogP contribution in [0.2, 0.25) is 0 Å². The van der Waals surface area contributed by atoms with Gasteiger partial charge in [-0.3, -0.25) is 4.79 Å². The molecule has 2 rings (SSSR count). The van der Waals surface area contributed by atoms with Gasteiger partial charge in [-0.1, -0.05) is 0 Å². The molecule has 15 heavy (non-hydrogen) atoms. The SMILES string of the molecule is CC(=O)c1cc2cc(C#N)oc2cc1O. The Kier molecular flexibility index (Phi) is 1.94. The van der Waals surface area contributed by atoms with Gasteiger partial charge in [-0.25, -0.2) is 0 Å². The topological polar surface area (TPSA) is 74.2 Å². The number of ketones is 1. The highest BCUT2D eigenvalue weighted by Gasteiger charge is 2.11. The molecule has 0 amide bonds. The summed E-state index contributed by atoms with van der Waals surface area (Å²) in [6.07, 6.45) is 0. The largest absolute Gasteiger partial charge is 0.507 e. The van der Waals surface area contributed by atoms with E-state index in [4.69, 9.17) is 9.68 Å². The number of hydrogen-bond donors (Lipinski definition) is 1. The number of furan rings is 1. The molecule has 0 spiro atoms. The fourth-order valence-corrected chi connectivity index (χ4v) is 1.41. The molecule has 74 valence electrons. The second-order valence-electron chi connectivity index (χ2n) is 3.19. The number of hydrogen-bond acceptors (Lipinski definition) is 4. The fraction of sp³-hybridized carbons (Fsp3) is 0.0909. The molecule has 0 aliphatic heterocycles. The van der Waals surface area contributed by atoms with Crippen molar-refractivity contribution in [2.24, 2.45) is 0 Å². The van der Waals surface area contributed by atoms with Crippen molar-refractivity contribution in [1.82, 2.24) is 0 Å².